The summed E-state index contributed by atoms with van der Waals surface area (Å²) in [6.07, 6.45) is 0.659. The normalized spacial score (nSPS) is 13.7. The molecule has 1 aromatic heterocycles. The molecule has 0 saturated heterocycles. The lowest BCUT2D eigenvalue weighted by Crippen LogP contribution is -2.25. The average molecular weight is 288 g/mol. The van der Waals surface area contributed by atoms with E-state index >= 15 is 0 Å². The molecule has 0 atom stereocenters. The van der Waals surface area contributed by atoms with Crippen molar-refractivity contribution in [2.75, 3.05) is 6.54 Å². The van der Waals surface area contributed by atoms with Crippen LogP contribution in [0.1, 0.15) is 21.7 Å². The van der Waals surface area contributed by atoms with E-state index in [1.807, 2.05) is 0 Å². The molecule has 0 aliphatic carbocycles. The van der Waals surface area contributed by atoms with Gasteiger partial charge < -0.3 is 10.4 Å². The smallest absolute Gasteiger partial charge is 0.356 e. The summed E-state index contributed by atoms with van der Waals surface area (Å²) >= 11 is 0. The van der Waals surface area contributed by atoms with Crippen LogP contribution in [0.5, 0.6) is 0 Å². The fourth-order valence-electron chi connectivity index (χ4n) is 2.45. The lowest BCUT2D eigenvalue weighted by atomic mass is 10.1. The second kappa shape index (κ2) is 4.98. The molecule has 0 bridgehead atoms. The number of non-ortho nitro benzene ring substituents is 1. The molecule has 0 amide bonds. The molecule has 0 saturated carbocycles. The van der Waals surface area contributed by atoms with Gasteiger partial charge in [0.25, 0.3) is 5.69 Å². The number of aromatic carboxylic acids is 1. The number of fused-ring (bicyclic) bond motifs is 1. The van der Waals surface area contributed by atoms with Crippen molar-refractivity contribution in [3.05, 3.63) is 51.3 Å². The van der Waals surface area contributed by atoms with E-state index < -0.39 is 10.9 Å². The number of hydrogen-bond donors (Lipinski definition) is 2. The summed E-state index contributed by atoms with van der Waals surface area (Å²) in [5.41, 5.74) is 2.13. The molecule has 1 aliphatic heterocycles. The summed E-state index contributed by atoms with van der Waals surface area (Å²) in [4.78, 5) is 21.5. The highest BCUT2D eigenvalue weighted by molar-refractivity contribution is 5.87. The Morgan fingerprint density at radius 2 is 2.10 bits per heavy atom. The average Bonchev–Trinajstić information content (AvgIpc) is 2.87. The van der Waals surface area contributed by atoms with Gasteiger partial charge in [-0.3, -0.25) is 10.1 Å². The summed E-state index contributed by atoms with van der Waals surface area (Å²) in [5.74, 6) is -1.07. The molecule has 8 nitrogen and oxygen atoms in total. The van der Waals surface area contributed by atoms with Gasteiger partial charge in [-0.2, -0.15) is 5.10 Å². The van der Waals surface area contributed by atoms with E-state index in [0.717, 1.165) is 12.2 Å². The van der Waals surface area contributed by atoms with Crippen molar-refractivity contribution in [3.8, 4) is 5.69 Å². The Morgan fingerprint density at radius 1 is 1.38 bits per heavy atom. The molecular formula is C13H12N4O4. The van der Waals surface area contributed by atoms with Crippen molar-refractivity contribution in [1.29, 1.82) is 0 Å². The lowest BCUT2D eigenvalue weighted by molar-refractivity contribution is -0.384. The SMILES string of the molecule is O=C(O)c1nn(-c2ccc([N+](=O)[O-])cc2)c2c1CNCC2. The zero-order valence-corrected chi connectivity index (χ0v) is 10.9. The summed E-state index contributed by atoms with van der Waals surface area (Å²) < 4.78 is 1.56. The highest BCUT2D eigenvalue weighted by atomic mass is 16.6. The molecule has 0 unspecified atom stereocenters. The van der Waals surface area contributed by atoms with Gasteiger partial charge in [-0.05, 0) is 12.1 Å². The van der Waals surface area contributed by atoms with Crippen molar-refractivity contribution in [2.45, 2.75) is 13.0 Å². The first-order chi connectivity index (χ1) is 10.1. The number of nitrogens with one attached hydrogen (secondary N) is 1. The molecule has 1 aromatic carbocycles. The van der Waals surface area contributed by atoms with Gasteiger partial charge in [0.1, 0.15) is 0 Å². The standard InChI is InChI=1S/C13H12N4O4/c18-13(19)12-10-7-14-6-5-11(10)16(15-12)8-1-3-9(4-2-8)17(20)21/h1-4,14H,5-7H2,(H,18,19). The first-order valence-corrected chi connectivity index (χ1v) is 6.37. The second-order valence-electron chi connectivity index (χ2n) is 4.69. The Balaban J connectivity index is 2.09. The second-order valence-corrected chi connectivity index (χ2v) is 4.69. The van der Waals surface area contributed by atoms with E-state index in [2.05, 4.69) is 10.4 Å². The molecule has 108 valence electrons. The van der Waals surface area contributed by atoms with Crippen LogP contribution in [0.4, 0.5) is 5.69 Å². The summed E-state index contributed by atoms with van der Waals surface area (Å²) in [5, 5.41) is 27.2. The largest absolute Gasteiger partial charge is 0.476 e. The number of nitrogens with zero attached hydrogens (tertiary/aromatic N) is 3. The number of carbonyl (C=O) groups is 1. The van der Waals surface area contributed by atoms with Gasteiger partial charge in [0.2, 0.25) is 0 Å². The molecule has 0 spiro atoms. The summed E-state index contributed by atoms with van der Waals surface area (Å²) in [6, 6.07) is 5.90. The molecule has 2 aromatic rings. The minimum Gasteiger partial charge on any atom is -0.476 e. The minimum atomic E-state index is -1.07. The van der Waals surface area contributed by atoms with Gasteiger partial charge in [0, 0.05) is 37.2 Å². The van der Waals surface area contributed by atoms with E-state index in [1.165, 1.54) is 12.1 Å². The van der Waals surface area contributed by atoms with Crippen LogP contribution >= 0.6 is 0 Å². The van der Waals surface area contributed by atoms with Crippen molar-refractivity contribution >= 4 is 11.7 Å². The van der Waals surface area contributed by atoms with E-state index in [4.69, 9.17) is 0 Å². The third kappa shape index (κ3) is 2.25. The Labute approximate surface area is 119 Å². The lowest BCUT2D eigenvalue weighted by Gasteiger charge is -2.15. The number of nitro groups is 1. The van der Waals surface area contributed by atoms with Crippen LogP contribution in [0.2, 0.25) is 0 Å². The highest BCUT2D eigenvalue weighted by Crippen LogP contribution is 2.23. The van der Waals surface area contributed by atoms with E-state index in [-0.39, 0.29) is 11.4 Å². The number of carboxylic acid groups (broad SMARTS) is 1. The number of carboxylic acids is 1. The summed E-state index contributed by atoms with van der Waals surface area (Å²) in [7, 11) is 0. The van der Waals surface area contributed by atoms with E-state index in [0.29, 0.717) is 24.2 Å². The zero-order chi connectivity index (χ0) is 15.0. The van der Waals surface area contributed by atoms with Gasteiger partial charge in [-0.1, -0.05) is 0 Å². The van der Waals surface area contributed by atoms with Crippen molar-refractivity contribution in [2.24, 2.45) is 0 Å². The van der Waals surface area contributed by atoms with Crippen molar-refractivity contribution in [1.82, 2.24) is 15.1 Å². The monoisotopic (exact) mass is 288 g/mol. The van der Waals surface area contributed by atoms with Crippen LogP contribution in [0.15, 0.2) is 24.3 Å². The fourth-order valence-corrected chi connectivity index (χ4v) is 2.45. The molecule has 21 heavy (non-hydrogen) atoms. The maximum absolute atomic E-state index is 11.3. The topological polar surface area (TPSA) is 110 Å². The van der Waals surface area contributed by atoms with Crippen molar-refractivity contribution in [3.63, 3.8) is 0 Å². The van der Waals surface area contributed by atoms with Crippen LogP contribution < -0.4 is 5.32 Å². The Hall–Kier alpha value is -2.74. The van der Waals surface area contributed by atoms with Crippen molar-refractivity contribution < 1.29 is 14.8 Å². The molecule has 2 heterocycles. The Morgan fingerprint density at radius 3 is 2.71 bits per heavy atom. The van der Waals surface area contributed by atoms with E-state index in [9.17, 15) is 20.0 Å². The molecule has 0 radical (unpaired) electrons. The Kier molecular flexibility index (Phi) is 3.15. The van der Waals surface area contributed by atoms with E-state index in [1.54, 1.807) is 16.8 Å². The third-order valence-electron chi connectivity index (χ3n) is 3.44. The molecular weight excluding hydrogens is 276 g/mol. The minimum absolute atomic E-state index is 0.0140. The predicted molar refractivity (Wildman–Crippen MR) is 72.6 cm³/mol. The maximum Gasteiger partial charge on any atom is 0.356 e. The predicted octanol–water partition coefficient (Wildman–Crippen LogP) is 1.12. The van der Waals surface area contributed by atoms with Gasteiger partial charge >= 0.3 is 5.97 Å². The Bertz CT molecular complexity index is 721. The molecule has 1 aliphatic rings. The quantitative estimate of drug-likeness (QED) is 0.647. The van der Waals surface area contributed by atoms with Gasteiger partial charge in [-0.15, -0.1) is 0 Å². The fraction of sp³-hybridized carbons (Fsp3) is 0.231. The number of hydrogen-bond acceptors (Lipinski definition) is 5. The van der Waals surface area contributed by atoms with Crippen LogP contribution in [0.3, 0.4) is 0 Å². The first kappa shape index (κ1) is 13.3. The van der Waals surface area contributed by atoms with Gasteiger partial charge in [0.05, 0.1) is 16.3 Å². The number of benzene rings is 1. The highest BCUT2D eigenvalue weighted by Gasteiger charge is 2.25. The molecule has 3 rings (SSSR count). The van der Waals surface area contributed by atoms with Crippen LogP contribution in [-0.4, -0.2) is 32.3 Å². The number of rotatable bonds is 3. The number of aromatic nitrogens is 2. The van der Waals surface area contributed by atoms with Crippen LogP contribution in [0.25, 0.3) is 5.69 Å². The molecule has 0 fully saturated rings. The molecule has 8 heteroatoms. The van der Waals surface area contributed by atoms with Gasteiger partial charge in [0.15, 0.2) is 5.69 Å². The van der Waals surface area contributed by atoms with Crippen LogP contribution in [0, 0.1) is 10.1 Å². The maximum atomic E-state index is 11.3. The van der Waals surface area contributed by atoms with Gasteiger partial charge in [-0.25, -0.2) is 9.48 Å². The number of nitro benzene ring substituents is 1. The molecule has 2 N–H and O–H groups in total. The zero-order valence-electron chi connectivity index (χ0n) is 10.9. The third-order valence-corrected chi connectivity index (χ3v) is 3.44. The van der Waals surface area contributed by atoms with Crippen LogP contribution in [-0.2, 0) is 13.0 Å². The first-order valence-electron chi connectivity index (χ1n) is 6.37. The summed E-state index contributed by atoms with van der Waals surface area (Å²) in [6.45, 7) is 1.20.